The van der Waals surface area contributed by atoms with Gasteiger partial charge in [0.25, 0.3) is 0 Å². The summed E-state index contributed by atoms with van der Waals surface area (Å²) in [6, 6.07) is 9.91. The van der Waals surface area contributed by atoms with Gasteiger partial charge in [-0.15, -0.1) is 0 Å². The second-order valence-electron chi connectivity index (χ2n) is 10.6. The van der Waals surface area contributed by atoms with E-state index in [1.54, 1.807) is 28.1 Å². The molecule has 3 heterocycles. The Bertz CT molecular complexity index is 1050. The van der Waals surface area contributed by atoms with Crippen molar-refractivity contribution in [3.8, 4) is 0 Å². The summed E-state index contributed by atoms with van der Waals surface area (Å²) in [5, 5.41) is 0. The Hall–Kier alpha value is -3.20. The zero-order valence-corrected chi connectivity index (χ0v) is 21.6. The van der Waals surface area contributed by atoms with Crippen LogP contribution < -0.4 is 9.80 Å². The quantitative estimate of drug-likeness (QED) is 0.627. The number of benzene rings is 1. The van der Waals surface area contributed by atoms with E-state index in [1.807, 2.05) is 32.9 Å². The summed E-state index contributed by atoms with van der Waals surface area (Å²) in [4.78, 5) is 38.6. The lowest BCUT2D eigenvalue weighted by Gasteiger charge is -2.33. The Kier molecular flexibility index (Phi) is 7.78. The number of carbonyl (C=O) groups excluding carboxylic acids is 2. The minimum atomic E-state index is -0.595. The third-order valence-corrected chi connectivity index (χ3v) is 6.57. The SMILES string of the molecule is CN1CCN(c2ccc(CN(C(=O)[C@H]3CCN(C(=O)OC(C)(C)C)C3)c3ccc(F)cc3)cn2)CC1. The highest BCUT2D eigenvalue weighted by molar-refractivity contribution is 5.95. The third-order valence-electron chi connectivity index (χ3n) is 6.57. The molecular weight excluding hydrogens is 461 g/mol. The molecule has 0 unspecified atom stereocenters. The van der Waals surface area contributed by atoms with Crippen LogP contribution in [0, 0.1) is 11.7 Å². The Labute approximate surface area is 212 Å². The van der Waals surface area contributed by atoms with Crippen LogP contribution in [0.1, 0.15) is 32.8 Å². The maximum absolute atomic E-state index is 13.7. The molecule has 0 N–H and O–H groups in total. The predicted octanol–water partition coefficient (Wildman–Crippen LogP) is 3.76. The van der Waals surface area contributed by atoms with Crippen molar-refractivity contribution in [3.05, 3.63) is 54.0 Å². The molecule has 0 saturated carbocycles. The van der Waals surface area contributed by atoms with Crippen LogP contribution in [0.3, 0.4) is 0 Å². The van der Waals surface area contributed by atoms with Gasteiger partial charge in [0.1, 0.15) is 17.2 Å². The van der Waals surface area contributed by atoms with Gasteiger partial charge in [-0.25, -0.2) is 14.2 Å². The zero-order chi connectivity index (χ0) is 25.9. The number of carbonyl (C=O) groups is 2. The smallest absolute Gasteiger partial charge is 0.410 e. The molecule has 9 heteroatoms. The predicted molar refractivity (Wildman–Crippen MR) is 137 cm³/mol. The second-order valence-corrected chi connectivity index (χ2v) is 10.6. The number of piperazine rings is 1. The first-order chi connectivity index (χ1) is 17.1. The van der Waals surface area contributed by atoms with Crippen LogP contribution in [0.15, 0.2) is 42.6 Å². The van der Waals surface area contributed by atoms with E-state index in [0.717, 1.165) is 37.6 Å². The highest BCUT2D eigenvalue weighted by Gasteiger charge is 2.36. The molecule has 1 atom stereocenters. The number of likely N-dealkylation sites (N-methyl/N-ethyl adjacent to an activating group) is 1. The molecule has 4 rings (SSSR count). The minimum absolute atomic E-state index is 0.101. The van der Waals surface area contributed by atoms with Crippen molar-refractivity contribution in [2.24, 2.45) is 5.92 Å². The first kappa shape index (κ1) is 25.9. The molecule has 0 spiro atoms. The van der Waals surface area contributed by atoms with E-state index in [0.29, 0.717) is 31.7 Å². The van der Waals surface area contributed by atoms with Gasteiger partial charge in [0.05, 0.1) is 12.5 Å². The first-order valence-electron chi connectivity index (χ1n) is 12.5. The molecule has 2 aromatic rings. The highest BCUT2D eigenvalue weighted by atomic mass is 19.1. The molecule has 2 aliphatic rings. The van der Waals surface area contributed by atoms with Crippen molar-refractivity contribution in [2.45, 2.75) is 39.3 Å². The molecular formula is C27H36FN5O3. The fourth-order valence-corrected chi connectivity index (χ4v) is 4.51. The molecule has 1 aromatic carbocycles. The number of aromatic nitrogens is 1. The Morgan fingerprint density at radius 2 is 1.75 bits per heavy atom. The molecule has 0 bridgehead atoms. The van der Waals surface area contributed by atoms with Gasteiger partial charge in [-0.3, -0.25) is 4.79 Å². The molecule has 0 radical (unpaired) electrons. The number of likely N-dealkylation sites (tertiary alicyclic amines) is 1. The van der Waals surface area contributed by atoms with Crippen molar-refractivity contribution in [1.82, 2.24) is 14.8 Å². The van der Waals surface area contributed by atoms with Gasteiger partial charge in [-0.2, -0.15) is 0 Å². The number of halogens is 1. The van der Waals surface area contributed by atoms with Gasteiger partial charge in [0.15, 0.2) is 0 Å². The fraction of sp³-hybridized carbons (Fsp3) is 0.519. The van der Waals surface area contributed by atoms with Crippen LogP contribution >= 0.6 is 0 Å². The lowest BCUT2D eigenvalue weighted by molar-refractivity contribution is -0.122. The van der Waals surface area contributed by atoms with Gasteiger partial charge < -0.3 is 24.3 Å². The van der Waals surface area contributed by atoms with Crippen LogP contribution in [0.25, 0.3) is 0 Å². The van der Waals surface area contributed by atoms with Crippen molar-refractivity contribution in [2.75, 3.05) is 56.1 Å². The van der Waals surface area contributed by atoms with Crippen LogP contribution in [0.2, 0.25) is 0 Å². The van der Waals surface area contributed by atoms with Crippen molar-refractivity contribution in [1.29, 1.82) is 0 Å². The maximum atomic E-state index is 13.7. The minimum Gasteiger partial charge on any atom is -0.444 e. The molecule has 2 aliphatic heterocycles. The molecule has 8 nitrogen and oxygen atoms in total. The fourth-order valence-electron chi connectivity index (χ4n) is 4.51. The van der Waals surface area contributed by atoms with E-state index in [1.165, 1.54) is 12.1 Å². The number of hydrogen-bond acceptors (Lipinski definition) is 6. The summed E-state index contributed by atoms with van der Waals surface area (Å²) in [6.45, 7) is 10.4. The second kappa shape index (κ2) is 10.8. The summed E-state index contributed by atoms with van der Waals surface area (Å²) in [6.07, 6.45) is 1.95. The van der Waals surface area contributed by atoms with Gasteiger partial charge in [0, 0.05) is 51.2 Å². The van der Waals surface area contributed by atoms with Gasteiger partial charge in [-0.1, -0.05) is 6.07 Å². The number of ether oxygens (including phenoxy) is 1. The lowest BCUT2D eigenvalue weighted by Crippen LogP contribution is -2.44. The first-order valence-corrected chi connectivity index (χ1v) is 12.5. The summed E-state index contributed by atoms with van der Waals surface area (Å²) < 4.78 is 19.1. The van der Waals surface area contributed by atoms with Crippen LogP contribution in [-0.4, -0.2) is 78.7 Å². The molecule has 2 amide bonds. The standard InChI is InChI=1S/C27H36FN5O3/c1-27(2,3)36-26(35)32-12-11-21(19-32)25(34)33(23-8-6-22(28)7-9-23)18-20-5-10-24(29-17-20)31-15-13-30(4)14-16-31/h5-10,17,21H,11-16,18-19H2,1-4H3/t21-/m0/s1. The average molecular weight is 498 g/mol. The topological polar surface area (TPSA) is 69.2 Å². The molecule has 194 valence electrons. The third kappa shape index (κ3) is 6.51. The number of nitrogens with zero attached hydrogens (tertiary/aromatic N) is 5. The van der Waals surface area contributed by atoms with E-state index >= 15 is 0 Å². The van der Waals surface area contributed by atoms with Gasteiger partial charge in [0.2, 0.25) is 5.91 Å². The maximum Gasteiger partial charge on any atom is 0.410 e. The van der Waals surface area contributed by atoms with E-state index in [9.17, 15) is 14.0 Å². The van der Waals surface area contributed by atoms with Gasteiger partial charge in [-0.05, 0) is 70.1 Å². The van der Waals surface area contributed by atoms with E-state index in [-0.39, 0.29) is 17.6 Å². The lowest BCUT2D eigenvalue weighted by atomic mass is 10.1. The molecule has 2 fully saturated rings. The van der Waals surface area contributed by atoms with Crippen molar-refractivity contribution < 1.29 is 18.7 Å². The van der Waals surface area contributed by atoms with Crippen molar-refractivity contribution >= 4 is 23.5 Å². The largest absolute Gasteiger partial charge is 0.444 e. The number of pyridine rings is 1. The number of anilines is 2. The van der Waals surface area contributed by atoms with Crippen molar-refractivity contribution in [3.63, 3.8) is 0 Å². The van der Waals surface area contributed by atoms with E-state index in [2.05, 4.69) is 21.8 Å². The normalized spacial score (nSPS) is 18.9. The van der Waals surface area contributed by atoms with E-state index in [4.69, 9.17) is 4.74 Å². The van der Waals surface area contributed by atoms with Gasteiger partial charge >= 0.3 is 6.09 Å². The van der Waals surface area contributed by atoms with E-state index < -0.39 is 11.7 Å². The van der Waals surface area contributed by atoms with Crippen LogP contribution in [-0.2, 0) is 16.1 Å². The summed E-state index contributed by atoms with van der Waals surface area (Å²) in [7, 11) is 2.12. The number of rotatable bonds is 5. The monoisotopic (exact) mass is 497 g/mol. The number of amides is 2. The zero-order valence-electron chi connectivity index (χ0n) is 21.6. The molecule has 0 aliphatic carbocycles. The van der Waals surface area contributed by atoms with Crippen LogP contribution in [0.4, 0.5) is 20.7 Å². The highest BCUT2D eigenvalue weighted by Crippen LogP contribution is 2.26. The Morgan fingerprint density at radius 1 is 1.06 bits per heavy atom. The Balaban J connectivity index is 1.48. The average Bonchev–Trinajstić information content (AvgIpc) is 3.34. The summed E-state index contributed by atoms with van der Waals surface area (Å²) in [5.41, 5.74) is 0.899. The summed E-state index contributed by atoms with van der Waals surface area (Å²) >= 11 is 0. The molecule has 36 heavy (non-hydrogen) atoms. The van der Waals surface area contributed by atoms with Crippen LogP contribution in [0.5, 0.6) is 0 Å². The molecule has 1 aromatic heterocycles. The molecule has 2 saturated heterocycles. The number of hydrogen-bond donors (Lipinski definition) is 0. The Morgan fingerprint density at radius 3 is 2.36 bits per heavy atom. The summed E-state index contributed by atoms with van der Waals surface area (Å²) in [5.74, 6) is 0.104.